The fourth-order valence-corrected chi connectivity index (χ4v) is 7.80. The van der Waals surface area contributed by atoms with Gasteiger partial charge >= 0.3 is 6.09 Å². The molecule has 0 bridgehead atoms. The molecule has 2 saturated carbocycles. The number of nitrogens with zero attached hydrogens (tertiary/aromatic N) is 2. The number of amides is 4. The van der Waals surface area contributed by atoms with Crippen molar-refractivity contribution in [3.8, 4) is 0 Å². The first-order valence-corrected chi connectivity index (χ1v) is 18.0. The summed E-state index contributed by atoms with van der Waals surface area (Å²) in [6, 6.07) is 4.24. The molecule has 262 valence electrons. The zero-order valence-electron chi connectivity index (χ0n) is 28.0. The van der Waals surface area contributed by atoms with E-state index in [4.69, 9.17) is 21.2 Å². The number of alkyl carbamates (subject to hydrolysis) is 1. The van der Waals surface area contributed by atoms with Gasteiger partial charge in [0, 0.05) is 35.4 Å². The Balaban J connectivity index is 1.38. The van der Waals surface area contributed by atoms with Gasteiger partial charge in [0.1, 0.15) is 17.7 Å². The third kappa shape index (κ3) is 7.80. The lowest BCUT2D eigenvalue weighted by atomic mass is 9.85. The quantitative estimate of drug-likeness (QED) is 0.329. The van der Waals surface area contributed by atoms with Crippen LogP contribution in [0.2, 0.25) is 5.02 Å². The van der Waals surface area contributed by atoms with Crippen LogP contribution < -0.4 is 15.4 Å². The number of hydrogen-bond donors (Lipinski definition) is 3. The highest BCUT2D eigenvalue weighted by Gasteiger charge is 2.59. The van der Waals surface area contributed by atoms with Crippen LogP contribution in [0.25, 0.3) is 0 Å². The molecule has 1 aromatic rings. The Morgan fingerprint density at radius 3 is 2.42 bits per heavy atom. The number of likely N-dealkylation sites (tertiary alicyclic amines) is 1. The number of carbonyl (C=O) groups is 4. The van der Waals surface area contributed by atoms with Crippen molar-refractivity contribution in [2.75, 3.05) is 6.54 Å². The second-order valence-corrected chi connectivity index (χ2v) is 17.6. The lowest BCUT2D eigenvalue weighted by Crippen LogP contribution is -2.58. The molecule has 0 radical (unpaired) electrons. The van der Waals surface area contributed by atoms with E-state index in [0.717, 1.165) is 5.56 Å². The molecule has 1 aromatic carbocycles. The molecule has 5 rings (SSSR count). The lowest BCUT2D eigenvalue weighted by Gasteiger charge is -2.35. The highest BCUT2D eigenvalue weighted by atomic mass is 35.5. The first kappa shape index (κ1) is 35.7. The average molecular weight is 706 g/mol. The van der Waals surface area contributed by atoms with Crippen molar-refractivity contribution in [2.45, 2.75) is 102 Å². The van der Waals surface area contributed by atoms with Crippen LogP contribution in [0.15, 0.2) is 42.1 Å². The molecule has 0 aromatic heterocycles. The van der Waals surface area contributed by atoms with E-state index in [2.05, 4.69) is 27.1 Å². The highest BCUT2D eigenvalue weighted by molar-refractivity contribution is 7.90. The zero-order valence-corrected chi connectivity index (χ0v) is 29.6. The van der Waals surface area contributed by atoms with Crippen LogP contribution in [0.3, 0.4) is 0 Å². The molecule has 1 spiro atoms. The Morgan fingerprint density at radius 1 is 1.15 bits per heavy atom. The number of rotatable bonds is 9. The van der Waals surface area contributed by atoms with E-state index in [1.165, 1.54) is 11.0 Å². The van der Waals surface area contributed by atoms with Crippen molar-refractivity contribution in [2.24, 2.45) is 22.4 Å². The second-order valence-electron chi connectivity index (χ2n) is 15.2. The molecule has 15 heteroatoms. The molecule has 4 amide bonds. The summed E-state index contributed by atoms with van der Waals surface area (Å²) in [6.07, 6.45) is 2.06. The Bertz CT molecular complexity index is 1650. The van der Waals surface area contributed by atoms with E-state index in [-0.39, 0.29) is 19.4 Å². The Labute approximate surface area is 286 Å². The van der Waals surface area contributed by atoms with Crippen molar-refractivity contribution < 1.29 is 37.2 Å². The highest BCUT2D eigenvalue weighted by Crippen LogP contribution is 2.43. The van der Waals surface area contributed by atoms with E-state index in [1.54, 1.807) is 59.7 Å². The maximum Gasteiger partial charge on any atom is 0.408 e. The van der Waals surface area contributed by atoms with Gasteiger partial charge in [-0.05, 0) is 51.2 Å². The zero-order chi connectivity index (χ0) is 35.4. The van der Waals surface area contributed by atoms with E-state index >= 15 is 0 Å². The lowest BCUT2D eigenvalue weighted by molar-refractivity contribution is -0.142. The molecule has 4 aliphatic rings. The number of halogens is 1. The van der Waals surface area contributed by atoms with Crippen LogP contribution in [0.5, 0.6) is 0 Å². The average Bonchev–Trinajstić information content (AvgIpc) is 3.87. The van der Waals surface area contributed by atoms with E-state index in [1.807, 2.05) is 6.07 Å². The topological polar surface area (TPSA) is 173 Å². The van der Waals surface area contributed by atoms with Gasteiger partial charge in [0.25, 0.3) is 0 Å². The van der Waals surface area contributed by atoms with Crippen LogP contribution in [0.1, 0.15) is 72.8 Å². The van der Waals surface area contributed by atoms with E-state index in [0.29, 0.717) is 23.6 Å². The van der Waals surface area contributed by atoms with Gasteiger partial charge in [-0.25, -0.2) is 13.2 Å². The van der Waals surface area contributed by atoms with Crippen LogP contribution in [-0.4, -0.2) is 84.0 Å². The van der Waals surface area contributed by atoms with Crippen molar-refractivity contribution >= 4 is 51.2 Å². The molecule has 6 atom stereocenters. The smallest absolute Gasteiger partial charge is 0.408 e. The number of hydrogen-bond acceptors (Lipinski definition) is 9. The fraction of sp³-hybridized carbons (Fsp3) is 0.606. The summed E-state index contributed by atoms with van der Waals surface area (Å²) in [5.74, 6) is -3.12. The molecule has 2 heterocycles. The van der Waals surface area contributed by atoms with E-state index < -0.39 is 85.7 Å². The standard InChI is InChI=1S/C33H44ClN5O8S/c1-8-21-24(28(41)38-48(44,45)20-12-13-20)25(21)35-27(40)23-16-33(15-22(37-47-33)18-10-9-11-19(34)14-18)17-39(23)29(42)26(31(2,3)4)36-30(43)46-32(5,6)7/h8-11,14,20-21,23-26H,1,12-13,15-17H2,2-7H3,(H,35,40)(H,36,43)(H,38,41)/t21-,23+,24+,25+,26-,33-/m1/s1. The van der Waals surface area contributed by atoms with Crippen molar-refractivity contribution in [1.82, 2.24) is 20.3 Å². The summed E-state index contributed by atoms with van der Waals surface area (Å²) < 4.78 is 32.4. The monoisotopic (exact) mass is 705 g/mol. The van der Waals surface area contributed by atoms with Gasteiger partial charge in [-0.2, -0.15) is 0 Å². The predicted molar refractivity (Wildman–Crippen MR) is 178 cm³/mol. The summed E-state index contributed by atoms with van der Waals surface area (Å²) in [4.78, 5) is 61.6. The van der Waals surface area contributed by atoms with Crippen LogP contribution in [0.4, 0.5) is 4.79 Å². The third-order valence-corrected chi connectivity index (χ3v) is 11.0. The fourth-order valence-electron chi connectivity index (χ4n) is 6.27. The van der Waals surface area contributed by atoms with Crippen molar-refractivity contribution in [3.05, 3.63) is 47.5 Å². The van der Waals surface area contributed by atoms with Gasteiger partial charge in [-0.15, -0.1) is 6.58 Å². The molecule has 2 aliphatic heterocycles. The second kappa shape index (κ2) is 12.7. The van der Waals surface area contributed by atoms with Gasteiger partial charge in [0.05, 0.1) is 23.4 Å². The largest absolute Gasteiger partial charge is 0.444 e. The van der Waals surface area contributed by atoms with Gasteiger partial charge in [0.15, 0.2) is 5.60 Å². The number of nitrogens with one attached hydrogen (secondary N) is 3. The Kier molecular flexibility index (Phi) is 9.41. The number of oxime groups is 1. The molecule has 3 N–H and O–H groups in total. The Morgan fingerprint density at radius 2 is 1.83 bits per heavy atom. The van der Waals surface area contributed by atoms with Crippen molar-refractivity contribution in [1.29, 1.82) is 0 Å². The molecule has 2 aliphatic carbocycles. The van der Waals surface area contributed by atoms with Crippen molar-refractivity contribution in [3.63, 3.8) is 0 Å². The summed E-state index contributed by atoms with van der Waals surface area (Å²) in [5, 5.41) is 9.82. The normalized spacial score (nSPS) is 27.4. The first-order chi connectivity index (χ1) is 22.2. The maximum atomic E-state index is 14.4. The SMILES string of the molecule is C=C[C@H]1[C@H](NC(=O)[C@@H]2C[C@]3(CC(c4cccc(Cl)c4)=NO3)CN2C(=O)[C@@H](NC(=O)OC(C)(C)C)C(C)(C)C)[C@H]1C(=O)NS(=O)(=O)C1CC1. The summed E-state index contributed by atoms with van der Waals surface area (Å²) >= 11 is 6.21. The van der Waals surface area contributed by atoms with Gasteiger partial charge < -0.3 is 25.1 Å². The Hall–Kier alpha value is -3.65. The molecule has 13 nitrogen and oxygen atoms in total. The van der Waals surface area contributed by atoms with Gasteiger partial charge in [-0.1, -0.05) is 55.7 Å². The first-order valence-electron chi connectivity index (χ1n) is 16.0. The third-order valence-electron chi connectivity index (χ3n) is 8.92. The predicted octanol–water partition coefficient (Wildman–Crippen LogP) is 3.27. The minimum absolute atomic E-state index is 0.0147. The molecule has 3 fully saturated rings. The number of ether oxygens (including phenoxy) is 1. The van der Waals surface area contributed by atoms with Gasteiger partial charge in [-0.3, -0.25) is 19.1 Å². The molecular formula is C33H44ClN5O8S. The molecule has 48 heavy (non-hydrogen) atoms. The summed E-state index contributed by atoms with van der Waals surface area (Å²) in [5.41, 5.74) is -1.31. The summed E-state index contributed by atoms with van der Waals surface area (Å²) in [6.45, 7) is 14.2. The number of carbonyl (C=O) groups excluding carboxylic acids is 4. The van der Waals surface area contributed by atoms with E-state index in [9.17, 15) is 27.6 Å². The van der Waals surface area contributed by atoms with Crippen LogP contribution in [0, 0.1) is 17.3 Å². The van der Waals surface area contributed by atoms with Gasteiger partial charge in [0.2, 0.25) is 27.7 Å². The minimum Gasteiger partial charge on any atom is -0.444 e. The van der Waals surface area contributed by atoms with Crippen LogP contribution in [-0.2, 0) is 34.0 Å². The maximum absolute atomic E-state index is 14.4. The number of sulfonamides is 1. The molecule has 1 saturated heterocycles. The number of benzene rings is 1. The molecular weight excluding hydrogens is 662 g/mol. The van der Waals surface area contributed by atoms with Crippen LogP contribution >= 0.6 is 11.6 Å². The minimum atomic E-state index is -3.78. The molecule has 0 unspecified atom stereocenters. The summed E-state index contributed by atoms with van der Waals surface area (Å²) in [7, 11) is -3.78.